The Labute approximate surface area is 130 Å². The topological polar surface area (TPSA) is 18.5 Å². The summed E-state index contributed by atoms with van der Waals surface area (Å²) in [4.78, 5) is 4.80. The van der Waals surface area contributed by atoms with E-state index in [0.29, 0.717) is 6.04 Å². The number of rotatable bonds is 9. The summed E-state index contributed by atoms with van der Waals surface area (Å²) in [5, 5.41) is 3.57. The van der Waals surface area contributed by atoms with E-state index in [1.165, 1.54) is 24.0 Å². The number of benzene rings is 1. The van der Waals surface area contributed by atoms with Crippen LogP contribution in [-0.4, -0.2) is 49.1 Å². The van der Waals surface area contributed by atoms with Crippen molar-refractivity contribution in [3.8, 4) is 0 Å². The van der Waals surface area contributed by atoms with Crippen molar-refractivity contribution in [1.82, 2.24) is 15.1 Å². The van der Waals surface area contributed by atoms with E-state index in [4.69, 9.17) is 0 Å². The Balaban J connectivity index is 1.84. The second-order valence-corrected chi connectivity index (χ2v) is 6.65. The Bertz CT molecular complexity index is 409. The molecule has 1 N–H and O–H groups in total. The lowest BCUT2D eigenvalue weighted by molar-refractivity contribution is 0.174. The first-order valence-corrected chi connectivity index (χ1v) is 8.28. The fraction of sp³-hybridized carbons (Fsp3) is 0.667. The predicted octanol–water partition coefficient (Wildman–Crippen LogP) is 2.71. The molecule has 0 saturated heterocycles. The Morgan fingerprint density at radius 1 is 1.14 bits per heavy atom. The molecule has 1 aromatic carbocycles. The average molecular weight is 289 g/mol. The molecule has 1 saturated carbocycles. The molecule has 0 heterocycles. The third-order valence-corrected chi connectivity index (χ3v) is 4.24. The molecule has 2 rings (SSSR count). The molecule has 0 aromatic heterocycles. The molecule has 0 aliphatic heterocycles. The molecule has 118 valence electrons. The summed E-state index contributed by atoms with van der Waals surface area (Å²) in [5.41, 5.74) is 2.81. The lowest BCUT2D eigenvalue weighted by atomic mass is 10.1. The van der Waals surface area contributed by atoms with Crippen molar-refractivity contribution in [1.29, 1.82) is 0 Å². The highest BCUT2D eigenvalue weighted by Crippen LogP contribution is 2.19. The first kappa shape index (κ1) is 16.5. The van der Waals surface area contributed by atoms with Crippen LogP contribution in [-0.2, 0) is 13.1 Å². The van der Waals surface area contributed by atoms with Crippen molar-refractivity contribution in [3.63, 3.8) is 0 Å². The van der Waals surface area contributed by atoms with E-state index >= 15 is 0 Å². The van der Waals surface area contributed by atoms with Crippen molar-refractivity contribution in [2.24, 2.45) is 0 Å². The highest BCUT2D eigenvalue weighted by molar-refractivity contribution is 5.22. The summed E-state index contributed by atoms with van der Waals surface area (Å²) < 4.78 is 0. The van der Waals surface area contributed by atoms with Crippen LogP contribution < -0.4 is 5.32 Å². The average Bonchev–Trinajstić information content (AvgIpc) is 3.27. The maximum atomic E-state index is 3.57. The van der Waals surface area contributed by atoms with E-state index in [0.717, 1.165) is 32.2 Å². The molecular formula is C18H31N3. The monoisotopic (exact) mass is 289 g/mol. The maximum absolute atomic E-state index is 3.57. The van der Waals surface area contributed by atoms with E-state index in [1.54, 1.807) is 0 Å². The Kier molecular flexibility index (Phi) is 6.22. The highest BCUT2D eigenvalue weighted by Gasteiger charge is 2.19. The largest absolute Gasteiger partial charge is 0.310 e. The molecule has 0 spiro atoms. The minimum Gasteiger partial charge on any atom is -0.310 e. The zero-order valence-corrected chi connectivity index (χ0v) is 14.1. The Morgan fingerprint density at radius 3 is 2.29 bits per heavy atom. The molecule has 3 heteroatoms. The van der Waals surface area contributed by atoms with Crippen LogP contribution in [0.5, 0.6) is 0 Å². The van der Waals surface area contributed by atoms with Gasteiger partial charge in [-0.05, 0) is 51.5 Å². The zero-order chi connectivity index (χ0) is 15.2. The van der Waals surface area contributed by atoms with Crippen LogP contribution in [0.2, 0.25) is 0 Å². The lowest BCUT2D eigenvalue weighted by Gasteiger charge is -2.30. The van der Waals surface area contributed by atoms with Crippen molar-refractivity contribution >= 4 is 0 Å². The fourth-order valence-corrected chi connectivity index (χ4v) is 2.77. The number of nitrogens with one attached hydrogen (secondary N) is 1. The summed E-state index contributed by atoms with van der Waals surface area (Å²) in [6.45, 7) is 8.83. The number of hydrogen-bond donors (Lipinski definition) is 1. The minimum atomic E-state index is 0.584. The van der Waals surface area contributed by atoms with Gasteiger partial charge >= 0.3 is 0 Å². The fourth-order valence-electron chi connectivity index (χ4n) is 2.77. The van der Waals surface area contributed by atoms with Crippen molar-refractivity contribution < 1.29 is 0 Å². The van der Waals surface area contributed by atoms with Crippen LogP contribution in [0.15, 0.2) is 24.3 Å². The molecule has 21 heavy (non-hydrogen) atoms. The molecule has 1 aliphatic carbocycles. The van der Waals surface area contributed by atoms with Crippen LogP contribution in [0.4, 0.5) is 0 Å². The van der Waals surface area contributed by atoms with Crippen LogP contribution in [0, 0.1) is 0 Å². The molecule has 0 bridgehead atoms. The third kappa shape index (κ3) is 5.77. The van der Waals surface area contributed by atoms with Gasteiger partial charge in [0, 0.05) is 31.7 Å². The smallest absolute Gasteiger partial charge is 0.0236 e. The summed E-state index contributed by atoms with van der Waals surface area (Å²) in [6.07, 6.45) is 2.71. The van der Waals surface area contributed by atoms with Gasteiger partial charge in [0.25, 0.3) is 0 Å². The molecular weight excluding hydrogens is 258 g/mol. The lowest BCUT2D eigenvalue weighted by Crippen LogP contribution is -2.39. The van der Waals surface area contributed by atoms with Gasteiger partial charge in [0.15, 0.2) is 0 Å². The van der Waals surface area contributed by atoms with Crippen molar-refractivity contribution in [2.45, 2.75) is 51.9 Å². The molecule has 1 aliphatic rings. The number of likely N-dealkylation sites (N-methyl/N-ethyl adjacent to an activating group) is 2. The molecule has 1 atom stereocenters. The van der Waals surface area contributed by atoms with Crippen molar-refractivity contribution in [2.75, 3.05) is 27.2 Å². The first-order chi connectivity index (χ1) is 10.1. The summed E-state index contributed by atoms with van der Waals surface area (Å²) >= 11 is 0. The first-order valence-electron chi connectivity index (χ1n) is 8.28. The number of hydrogen-bond acceptors (Lipinski definition) is 3. The standard InChI is InChI=1S/C18H31N3/c1-5-21(15(2)13-20(3)4)14-17-8-6-16(7-9-17)12-19-18-10-11-18/h6-9,15,18-19H,5,10-14H2,1-4H3. The summed E-state index contributed by atoms with van der Waals surface area (Å²) in [5.74, 6) is 0. The van der Waals surface area contributed by atoms with Gasteiger partial charge in [0.2, 0.25) is 0 Å². The van der Waals surface area contributed by atoms with Gasteiger partial charge in [0.05, 0.1) is 0 Å². The Hall–Kier alpha value is -0.900. The van der Waals surface area contributed by atoms with E-state index in [1.807, 2.05) is 0 Å². The van der Waals surface area contributed by atoms with Crippen LogP contribution in [0.1, 0.15) is 37.8 Å². The molecule has 1 unspecified atom stereocenters. The quantitative estimate of drug-likeness (QED) is 0.754. The van der Waals surface area contributed by atoms with E-state index in [9.17, 15) is 0 Å². The predicted molar refractivity (Wildman–Crippen MR) is 90.4 cm³/mol. The Morgan fingerprint density at radius 2 is 1.76 bits per heavy atom. The van der Waals surface area contributed by atoms with Gasteiger partial charge in [-0.15, -0.1) is 0 Å². The zero-order valence-electron chi connectivity index (χ0n) is 14.1. The second-order valence-electron chi connectivity index (χ2n) is 6.65. The van der Waals surface area contributed by atoms with Crippen LogP contribution in [0.3, 0.4) is 0 Å². The second kappa shape index (κ2) is 7.92. The van der Waals surface area contributed by atoms with E-state index in [2.05, 4.69) is 67.3 Å². The van der Waals surface area contributed by atoms with Gasteiger partial charge in [-0.25, -0.2) is 0 Å². The SMILES string of the molecule is CCN(Cc1ccc(CNC2CC2)cc1)C(C)CN(C)C. The van der Waals surface area contributed by atoms with E-state index < -0.39 is 0 Å². The maximum Gasteiger partial charge on any atom is 0.0236 e. The molecule has 3 nitrogen and oxygen atoms in total. The normalized spacial score (nSPS) is 16.7. The van der Waals surface area contributed by atoms with Gasteiger partial charge in [0.1, 0.15) is 0 Å². The number of nitrogens with zero attached hydrogens (tertiary/aromatic N) is 2. The molecule has 0 radical (unpaired) electrons. The molecule has 1 aromatic rings. The summed E-state index contributed by atoms with van der Waals surface area (Å²) in [6, 6.07) is 10.5. The highest BCUT2D eigenvalue weighted by atomic mass is 15.2. The summed E-state index contributed by atoms with van der Waals surface area (Å²) in [7, 11) is 4.29. The molecule has 1 fully saturated rings. The van der Waals surface area contributed by atoms with Crippen LogP contribution in [0.25, 0.3) is 0 Å². The van der Waals surface area contributed by atoms with Crippen molar-refractivity contribution in [3.05, 3.63) is 35.4 Å². The van der Waals surface area contributed by atoms with Gasteiger partial charge < -0.3 is 10.2 Å². The minimum absolute atomic E-state index is 0.584. The third-order valence-electron chi connectivity index (χ3n) is 4.24. The van der Waals surface area contributed by atoms with Crippen LogP contribution >= 0.6 is 0 Å². The van der Waals surface area contributed by atoms with E-state index in [-0.39, 0.29) is 0 Å². The van der Waals surface area contributed by atoms with Gasteiger partial charge in [-0.3, -0.25) is 4.90 Å². The van der Waals surface area contributed by atoms with Gasteiger partial charge in [-0.2, -0.15) is 0 Å². The molecule has 0 amide bonds. The van der Waals surface area contributed by atoms with Gasteiger partial charge in [-0.1, -0.05) is 31.2 Å².